The Hall–Kier alpha value is -0.750. The average molecular weight is 326 g/mol. The predicted octanol–water partition coefficient (Wildman–Crippen LogP) is 3.73. The van der Waals surface area contributed by atoms with Gasteiger partial charge < -0.3 is 10.4 Å². The summed E-state index contributed by atoms with van der Waals surface area (Å²) in [6.07, 6.45) is 9.83. The van der Waals surface area contributed by atoms with Crippen molar-refractivity contribution in [2.75, 3.05) is 11.6 Å². The molecule has 1 aromatic heterocycles. The normalized spacial score (nSPS) is 28.9. The molecule has 2 N–H and O–H groups in total. The first-order valence-electron chi connectivity index (χ1n) is 7.69. The minimum Gasteiger partial charge on any atom is -0.481 e. The van der Waals surface area contributed by atoms with E-state index in [1.165, 1.54) is 30.6 Å². The molecule has 0 spiro atoms. The third kappa shape index (κ3) is 3.37. The number of hydrogen-bond donors (Lipinski definition) is 2. The Balaban J connectivity index is 1.71. The van der Waals surface area contributed by atoms with Crippen LogP contribution < -0.4 is 5.32 Å². The summed E-state index contributed by atoms with van der Waals surface area (Å²) in [4.78, 5) is 17.1. The maximum Gasteiger partial charge on any atom is 0.312 e. The van der Waals surface area contributed by atoms with E-state index in [2.05, 4.69) is 16.6 Å². The molecule has 1 fully saturated rings. The smallest absolute Gasteiger partial charge is 0.312 e. The largest absolute Gasteiger partial charge is 0.481 e. The summed E-state index contributed by atoms with van der Waals surface area (Å²) in [6.45, 7) is 0. The number of rotatable bonds is 4. The highest BCUT2D eigenvalue weighted by atomic mass is 32.2. The van der Waals surface area contributed by atoms with Crippen LogP contribution in [-0.2, 0) is 11.2 Å². The third-order valence-electron chi connectivity index (χ3n) is 4.54. The number of nitrogens with one attached hydrogen (secondary N) is 1. The van der Waals surface area contributed by atoms with Crippen molar-refractivity contribution >= 4 is 34.2 Å². The van der Waals surface area contributed by atoms with Gasteiger partial charge >= 0.3 is 5.97 Å². The Bertz CT molecular complexity index is 518. The van der Waals surface area contributed by atoms with Crippen LogP contribution in [0.1, 0.15) is 55.0 Å². The number of aromatic nitrogens is 1. The number of carboxylic acids is 1. The van der Waals surface area contributed by atoms with E-state index >= 15 is 0 Å². The molecule has 3 atom stereocenters. The molecule has 0 aliphatic heterocycles. The quantitative estimate of drug-likeness (QED) is 0.882. The third-order valence-corrected chi connectivity index (χ3v) is 6.70. The summed E-state index contributed by atoms with van der Waals surface area (Å²) in [5, 5.41) is 14.6. The average Bonchev–Trinajstić information content (AvgIpc) is 2.89. The van der Waals surface area contributed by atoms with Crippen LogP contribution in [0.15, 0.2) is 0 Å². The number of fused-ring (bicyclic) bond motifs is 1. The summed E-state index contributed by atoms with van der Waals surface area (Å²) in [7, 11) is 0. The second-order valence-electron chi connectivity index (χ2n) is 5.98. The fourth-order valence-corrected chi connectivity index (χ4v) is 5.35. The van der Waals surface area contributed by atoms with E-state index in [1.54, 1.807) is 11.3 Å². The number of carboxylic acid groups (broad SMARTS) is 1. The van der Waals surface area contributed by atoms with Crippen molar-refractivity contribution < 1.29 is 9.90 Å². The van der Waals surface area contributed by atoms with Crippen LogP contribution in [0, 0.1) is 0 Å². The van der Waals surface area contributed by atoms with Crippen molar-refractivity contribution in [3.63, 3.8) is 0 Å². The van der Waals surface area contributed by atoms with Crippen LogP contribution in [0.5, 0.6) is 0 Å². The van der Waals surface area contributed by atoms with E-state index in [1.807, 2.05) is 11.8 Å². The molecule has 4 nitrogen and oxygen atoms in total. The molecule has 6 heteroatoms. The van der Waals surface area contributed by atoms with Gasteiger partial charge in [0.15, 0.2) is 5.13 Å². The van der Waals surface area contributed by atoms with Crippen molar-refractivity contribution in [3.8, 4) is 0 Å². The van der Waals surface area contributed by atoms with Gasteiger partial charge in [-0.15, -0.1) is 11.3 Å². The number of thiazole rings is 1. The molecule has 21 heavy (non-hydrogen) atoms. The standard InChI is InChI=1S/C15H22N2O2S2/c1-20-10-5-2-4-9(8-10)16-15-17-13-11(14(18)19)6-3-7-12(13)21-15/h9-11H,2-8H2,1H3,(H,16,17)(H,18,19). The molecule has 0 aromatic carbocycles. The zero-order valence-electron chi connectivity index (χ0n) is 12.3. The maximum atomic E-state index is 11.3. The highest BCUT2D eigenvalue weighted by Gasteiger charge is 2.30. The van der Waals surface area contributed by atoms with Gasteiger partial charge in [0.2, 0.25) is 0 Å². The molecule has 0 amide bonds. The molecule has 0 bridgehead atoms. The lowest BCUT2D eigenvalue weighted by atomic mass is 9.91. The van der Waals surface area contributed by atoms with Gasteiger partial charge in [-0.2, -0.15) is 11.8 Å². The predicted molar refractivity (Wildman–Crippen MR) is 88.6 cm³/mol. The highest BCUT2D eigenvalue weighted by molar-refractivity contribution is 7.99. The van der Waals surface area contributed by atoms with Gasteiger partial charge in [0.25, 0.3) is 0 Å². The molecule has 0 radical (unpaired) electrons. The highest BCUT2D eigenvalue weighted by Crippen LogP contribution is 2.38. The zero-order valence-corrected chi connectivity index (χ0v) is 13.9. The van der Waals surface area contributed by atoms with Crippen LogP contribution in [0.2, 0.25) is 0 Å². The van der Waals surface area contributed by atoms with Crippen LogP contribution in [-0.4, -0.2) is 33.6 Å². The second-order valence-corrected chi connectivity index (χ2v) is 8.20. The fraction of sp³-hybridized carbons (Fsp3) is 0.733. The molecule has 1 heterocycles. The van der Waals surface area contributed by atoms with E-state index in [-0.39, 0.29) is 0 Å². The summed E-state index contributed by atoms with van der Waals surface area (Å²) >= 11 is 3.62. The van der Waals surface area contributed by atoms with E-state index < -0.39 is 11.9 Å². The number of thioether (sulfide) groups is 1. The van der Waals surface area contributed by atoms with Gasteiger partial charge in [0.1, 0.15) is 5.92 Å². The van der Waals surface area contributed by atoms with Crippen molar-refractivity contribution in [1.82, 2.24) is 4.98 Å². The Morgan fingerprint density at radius 1 is 1.38 bits per heavy atom. The summed E-state index contributed by atoms with van der Waals surface area (Å²) in [6, 6.07) is 0.493. The molecular formula is C15H22N2O2S2. The Morgan fingerprint density at radius 3 is 3.00 bits per heavy atom. The number of carbonyl (C=O) groups is 1. The lowest BCUT2D eigenvalue weighted by Crippen LogP contribution is -2.28. The summed E-state index contributed by atoms with van der Waals surface area (Å²) in [5.74, 6) is -1.13. The molecule has 0 saturated heterocycles. The summed E-state index contributed by atoms with van der Waals surface area (Å²) < 4.78 is 0. The van der Waals surface area contributed by atoms with Gasteiger partial charge in [-0.3, -0.25) is 4.79 Å². The first-order valence-corrected chi connectivity index (χ1v) is 9.79. The minimum atomic E-state index is -0.729. The first kappa shape index (κ1) is 15.2. The Kier molecular flexibility index (Phi) is 4.74. The molecule has 1 saturated carbocycles. The molecular weight excluding hydrogens is 304 g/mol. The lowest BCUT2D eigenvalue weighted by Gasteiger charge is -2.28. The number of aryl methyl sites for hydroxylation is 1. The van der Waals surface area contributed by atoms with Crippen molar-refractivity contribution in [3.05, 3.63) is 10.6 Å². The van der Waals surface area contributed by atoms with Crippen LogP contribution >= 0.6 is 23.1 Å². The fourth-order valence-electron chi connectivity index (χ4n) is 3.39. The molecule has 2 aliphatic carbocycles. The molecule has 2 aliphatic rings. The number of nitrogens with zero attached hydrogens (tertiary/aromatic N) is 1. The Morgan fingerprint density at radius 2 is 2.24 bits per heavy atom. The van der Waals surface area contributed by atoms with E-state index in [4.69, 9.17) is 0 Å². The Labute approximate surface area is 133 Å². The first-order chi connectivity index (χ1) is 10.2. The monoisotopic (exact) mass is 326 g/mol. The van der Waals surface area contributed by atoms with Crippen LogP contribution in [0.25, 0.3) is 0 Å². The zero-order chi connectivity index (χ0) is 14.8. The van der Waals surface area contributed by atoms with Crippen molar-refractivity contribution in [2.24, 2.45) is 0 Å². The topological polar surface area (TPSA) is 62.2 Å². The molecule has 3 rings (SSSR count). The van der Waals surface area contributed by atoms with Gasteiger partial charge in [-0.05, 0) is 44.8 Å². The molecule has 116 valence electrons. The minimum absolute atomic E-state index is 0.397. The lowest BCUT2D eigenvalue weighted by molar-refractivity contribution is -0.139. The number of hydrogen-bond acceptors (Lipinski definition) is 5. The van der Waals surface area contributed by atoms with Gasteiger partial charge in [0.05, 0.1) is 5.69 Å². The van der Waals surface area contributed by atoms with Crippen LogP contribution in [0.4, 0.5) is 5.13 Å². The van der Waals surface area contributed by atoms with Crippen molar-refractivity contribution in [1.29, 1.82) is 0 Å². The van der Waals surface area contributed by atoms with Crippen LogP contribution in [0.3, 0.4) is 0 Å². The van der Waals surface area contributed by atoms with E-state index in [0.29, 0.717) is 6.04 Å². The molecule has 1 aromatic rings. The van der Waals surface area contributed by atoms with Crippen molar-refractivity contribution in [2.45, 2.75) is 62.2 Å². The van der Waals surface area contributed by atoms with E-state index in [9.17, 15) is 9.90 Å². The van der Waals surface area contributed by atoms with E-state index in [0.717, 1.165) is 35.3 Å². The maximum absolute atomic E-state index is 11.3. The SMILES string of the molecule is CSC1CCCC(Nc2nc3c(s2)CCCC3C(=O)O)C1. The summed E-state index contributed by atoms with van der Waals surface area (Å²) in [5.41, 5.74) is 0.818. The van der Waals surface area contributed by atoms with Gasteiger partial charge in [-0.25, -0.2) is 4.98 Å². The number of aliphatic carboxylic acids is 1. The second kappa shape index (κ2) is 6.57. The van der Waals surface area contributed by atoms with Gasteiger partial charge in [-0.1, -0.05) is 6.42 Å². The van der Waals surface area contributed by atoms with Gasteiger partial charge in [0, 0.05) is 16.2 Å². The number of anilines is 1. The molecule has 3 unspecified atom stereocenters.